The van der Waals surface area contributed by atoms with Crippen molar-refractivity contribution < 1.29 is 32.5 Å². The third-order valence-corrected chi connectivity index (χ3v) is 6.92. The molecule has 2 bridgehead atoms. The monoisotopic (exact) mass is 464 g/mol. The zero-order valence-corrected chi connectivity index (χ0v) is 17.8. The van der Waals surface area contributed by atoms with Crippen LogP contribution in [0.1, 0.15) is 36.5 Å². The Morgan fingerprint density at radius 2 is 1.75 bits per heavy atom. The van der Waals surface area contributed by atoms with Crippen LogP contribution < -0.4 is 4.74 Å². The van der Waals surface area contributed by atoms with Crippen molar-refractivity contribution in [2.75, 3.05) is 0 Å². The van der Waals surface area contributed by atoms with E-state index in [1.54, 1.807) is 18.2 Å². The van der Waals surface area contributed by atoms with Gasteiger partial charge in [0, 0.05) is 6.07 Å². The number of benzene rings is 2. The number of aliphatic hydroxyl groups excluding tert-OH is 1. The minimum Gasteiger partial charge on any atom is -0.511 e. The molecule has 1 aliphatic carbocycles. The molecule has 2 saturated heterocycles. The van der Waals surface area contributed by atoms with E-state index in [2.05, 4.69) is 0 Å². The summed E-state index contributed by atoms with van der Waals surface area (Å²) in [5.74, 6) is -0.249. The SMILES string of the molecule is CCc1ccc(Oc2ccc(C(F)(F)F)c(Cl)c2)cc1C1=C(O)C2C3CCC(O3)C2C1=O. The van der Waals surface area contributed by atoms with Gasteiger partial charge in [0.25, 0.3) is 0 Å². The molecule has 2 aromatic carbocycles. The maximum atomic E-state index is 13.2. The number of allylic oxidation sites excluding steroid dienone is 1. The number of Topliss-reactive ketones (excluding diaryl/α,β-unsaturated/α-hetero) is 1. The molecule has 2 fully saturated rings. The van der Waals surface area contributed by atoms with Gasteiger partial charge in [-0.2, -0.15) is 13.2 Å². The quantitative estimate of drug-likeness (QED) is 0.572. The Bertz CT molecular complexity index is 1140. The number of aryl methyl sites for hydroxylation is 1. The molecule has 4 atom stereocenters. The number of carbonyl (C=O) groups excluding carboxylic acids is 1. The van der Waals surface area contributed by atoms with Crippen molar-refractivity contribution in [3.63, 3.8) is 0 Å². The van der Waals surface area contributed by atoms with Crippen LogP contribution in [-0.4, -0.2) is 23.1 Å². The molecule has 5 rings (SSSR count). The predicted molar refractivity (Wildman–Crippen MR) is 112 cm³/mol. The Kier molecular flexibility index (Phi) is 5.02. The van der Waals surface area contributed by atoms with E-state index in [1.165, 1.54) is 6.07 Å². The maximum Gasteiger partial charge on any atom is 0.417 e. The van der Waals surface area contributed by atoms with Gasteiger partial charge in [-0.05, 0) is 54.7 Å². The molecular formula is C24H20ClF3O4. The molecule has 0 spiro atoms. The topological polar surface area (TPSA) is 55.8 Å². The molecule has 0 radical (unpaired) electrons. The highest BCUT2D eigenvalue weighted by atomic mass is 35.5. The summed E-state index contributed by atoms with van der Waals surface area (Å²) in [6.45, 7) is 1.94. The average molecular weight is 465 g/mol. The first-order valence-corrected chi connectivity index (χ1v) is 10.9. The van der Waals surface area contributed by atoms with Crippen LogP contribution >= 0.6 is 11.6 Å². The summed E-state index contributed by atoms with van der Waals surface area (Å²) in [6, 6.07) is 8.29. The first-order valence-electron chi connectivity index (χ1n) is 10.5. The third-order valence-electron chi connectivity index (χ3n) is 6.61. The number of halogens is 4. The molecule has 2 aromatic rings. The number of alkyl halides is 3. The van der Waals surface area contributed by atoms with E-state index >= 15 is 0 Å². The molecule has 2 aliphatic heterocycles. The Morgan fingerprint density at radius 3 is 2.38 bits per heavy atom. The van der Waals surface area contributed by atoms with Gasteiger partial charge in [0.1, 0.15) is 17.3 Å². The molecule has 168 valence electrons. The van der Waals surface area contributed by atoms with Gasteiger partial charge in [-0.1, -0.05) is 24.6 Å². The summed E-state index contributed by atoms with van der Waals surface area (Å²) in [7, 11) is 0. The summed E-state index contributed by atoms with van der Waals surface area (Å²) in [5.41, 5.74) is 0.807. The molecule has 0 saturated carbocycles. The molecule has 8 heteroatoms. The van der Waals surface area contributed by atoms with Gasteiger partial charge >= 0.3 is 6.18 Å². The van der Waals surface area contributed by atoms with E-state index in [0.717, 1.165) is 30.5 Å². The Balaban J connectivity index is 1.49. The minimum absolute atomic E-state index is 0.0663. The van der Waals surface area contributed by atoms with Crippen LogP contribution in [0.5, 0.6) is 11.5 Å². The van der Waals surface area contributed by atoms with Gasteiger partial charge in [-0.15, -0.1) is 0 Å². The van der Waals surface area contributed by atoms with E-state index in [9.17, 15) is 23.1 Å². The molecule has 0 aromatic heterocycles. The second-order valence-electron chi connectivity index (χ2n) is 8.38. The van der Waals surface area contributed by atoms with E-state index in [-0.39, 0.29) is 41.3 Å². The zero-order chi connectivity index (χ0) is 22.8. The maximum absolute atomic E-state index is 13.2. The highest BCUT2D eigenvalue weighted by Crippen LogP contribution is 2.54. The summed E-state index contributed by atoms with van der Waals surface area (Å²) in [6.07, 6.45) is -2.57. The zero-order valence-electron chi connectivity index (χ0n) is 17.1. The fourth-order valence-electron chi connectivity index (χ4n) is 5.17. The van der Waals surface area contributed by atoms with Crippen LogP contribution in [0.15, 0.2) is 42.2 Å². The fourth-order valence-corrected chi connectivity index (χ4v) is 5.45. The number of aliphatic hydroxyl groups is 1. The summed E-state index contributed by atoms with van der Waals surface area (Å²) in [4.78, 5) is 13.2. The molecule has 4 nitrogen and oxygen atoms in total. The van der Waals surface area contributed by atoms with Gasteiger partial charge in [-0.25, -0.2) is 0 Å². The summed E-state index contributed by atoms with van der Waals surface area (Å²) >= 11 is 5.79. The predicted octanol–water partition coefficient (Wildman–Crippen LogP) is 6.36. The van der Waals surface area contributed by atoms with E-state index in [0.29, 0.717) is 23.3 Å². The molecule has 32 heavy (non-hydrogen) atoms. The molecule has 3 aliphatic rings. The van der Waals surface area contributed by atoms with E-state index in [1.807, 2.05) is 6.92 Å². The van der Waals surface area contributed by atoms with Crippen LogP contribution in [0.3, 0.4) is 0 Å². The van der Waals surface area contributed by atoms with Gasteiger partial charge in [0.2, 0.25) is 0 Å². The lowest BCUT2D eigenvalue weighted by Crippen LogP contribution is -2.29. The number of ketones is 1. The molecule has 4 unspecified atom stereocenters. The highest BCUT2D eigenvalue weighted by molar-refractivity contribution is 6.31. The van der Waals surface area contributed by atoms with Crippen LogP contribution in [0.4, 0.5) is 13.2 Å². The van der Waals surface area contributed by atoms with Crippen molar-refractivity contribution in [1.82, 2.24) is 0 Å². The number of carbonyl (C=O) groups is 1. The van der Waals surface area contributed by atoms with Crippen molar-refractivity contribution in [2.24, 2.45) is 11.8 Å². The van der Waals surface area contributed by atoms with Crippen molar-refractivity contribution in [2.45, 2.75) is 44.6 Å². The second-order valence-corrected chi connectivity index (χ2v) is 8.79. The van der Waals surface area contributed by atoms with Crippen molar-refractivity contribution in [3.8, 4) is 11.5 Å². The lowest BCUT2D eigenvalue weighted by Gasteiger charge is -2.19. The van der Waals surface area contributed by atoms with Crippen LogP contribution in [0.25, 0.3) is 5.57 Å². The number of hydrogen-bond acceptors (Lipinski definition) is 4. The average Bonchev–Trinajstić information content (AvgIpc) is 3.41. The number of ether oxygens (including phenoxy) is 2. The third kappa shape index (κ3) is 3.30. The lowest BCUT2D eigenvalue weighted by atomic mass is 9.80. The van der Waals surface area contributed by atoms with Gasteiger partial charge in [-0.3, -0.25) is 4.79 Å². The van der Waals surface area contributed by atoms with Crippen molar-refractivity contribution >= 4 is 23.0 Å². The normalized spacial score (nSPS) is 26.7. The van der Waals surface area contributed by atoms with Crippen LogP contribution in [0.2, 0.25) is 5.02 Å². The van der Waals surface area contributed by atoms with Crippen LogP contribution in [-0.2, 0) is 22.1 Å². The highest BCUT2D eigenvalue weighted by Gasteiger charge is 2.59. The van der Waals surface area contributed by atoms with E-state index < -0.39 is 16.8 Å². The van der Waals surface area contributed by atoms with E-state index in [4.69, 9.17) is 21.1 Å². The first-order chi connectivity index (χ1) is 15.2. The Hall–Kier alpha value is -2.51. The van der Waals surface area contributed by atoms with Gasteiger partial charge in [0.15, 0.2) is 5.78 Å². The Morgan fingerprint density at radius 1 is 1.09 bits per heavy atom. The smallest absolute Gasteiger partial charge is 0.417 e. The number of fused-ring (bicyclic) bond motifs is 5. The standard InChI is InChI=1S/C24H20ClF3O4/c1-2-11-3-4-12(31-13-5-6-15(16(25)10-13)24(26,27)28)9-14(11)19-22(29)20-17-7-8-18(32-17)21(20)23(19)30/h3-6,9-10,17-18,20-21,29H,2,7-8H2,1H3. The summed E-state index contributed by atoms with van der Waals surface area (Å²) < 4.78 is 50.4. The largest absolute Gasteiger partial charge is 0.511 e. The van der Waals surface area contributed by atoms with Gasteiger partial charge in [0.05, 0.1) is 40.2 Å². The molecule has 0 amide bonds. The summed E-state index contributed by atoms with van der Waals surface area (Å²) in [5, 5.41) is 10.5. The number of rotatable bonds is 4. The van der Waals surface area contributed by atoms with Crippen molar-refractivity contribution in [3.05, 3.63) is 63.9 Å². The van der Waals surface area contributed by atoms with Gasteiger partial charge < -0.3 is 14.6 Å². The van der Waals surface area contributed by atoms with Crippen molar-refractivity contribution in [1.29, 1.82) is 0 Å². The fraction of sp³-hybridized carbons (Fsp3) is 0.375. The second kappa shape index (κ2) is 7.52. The molecule has 1 N–H and O–H groups in total. The number of hydrogen-bond donors (Lipinski definition) is 1. The first kappa shape index (κ1) is 21.3. The lowest BCUT2D eigenvalue weighted by molar-refractivity contribution is -0.137. The van der Waals surface area contributed by atoms with Crippen LogP contribution in [0, 0.1) is 11.8 Å². The minimum atomic E-state index is -4.56. The molecule has 2 heterocycles. The Labute approximate surface area is 187 Å². The molecular weight excluding hydrogens is 445 g/mol.